The third-order valence-corrected chi connectivity index (χ3v) is 4.31. The van der Waals surface area contributed by atoms with Crippen molar-refractivity contribution in [2.75, 3.05) is 7.11 Å². The van der Waals surface area contributed by atoms with Gasteiger partial charge in [0.05, 0.1) is 13.2 Å². The van der Waals surface area contributed by atoms with Gasteiger partial charge in [-0.3, -0.25) is 11.3 Å². The average molecular weight is 299 g/mol. The maximum atomic E-state index is 5.73. The summed E-state index contributed by atoms with van der Waals surface area (Å²) in [4.78, 5) is 0. The van der Waals surface area contributed by atoms with E-state index in [0.717, 1.165) is 10.2 Å². The van der Waals surface area contributed by atoms with E-state index >= 15 is 0 Å². The molecule has 94 valence electrons. The summed E-state index contributed by atoms with van der Waals surface area (Å²) in [6.07, 6.45) is 5.12. The molecule has 0 aromatic heterocycles. The fourth-order valence-corrected chi connectivity index (χ4v) is 3.15. The molecule has 1 saturated carbocycles. The van der Waals surface area contributed by atoms with Gasteiger partial charge in [0.1, 0.15) is 5.75 Å². The predicted octanol–water partition coefficient (Wildman–Crippen LogP) is 3.15. The van der Waals surface area contributed by atoms with Crippen molar-refractivity contribution in [3.63, 3.8) is 0 Å². The number of hydrogen-bond donors (Lipinski definition) is 2. The van der Waals surface area contributed by atoms with Crippen LogP contribution in [0.25, 0.3) is 0 Å². The van der Waals surface area contributed by atoms with Gasteiger partial charge in [-0.05, 0) is 42.5 Å². The SMILES string of the molecule is COc1ccc(Br)c(C(NN)C2CCCC2)c1. The first-order valence-corrected chi connectivity index (χ1v) is 6.85. The van der Waals surface area contributed by atoms with Crippen molar-refractivity contribution < 1.29 is 4.74 Å². The van der Waals surface area contributed by atoms with Crippen molar-refractivity contribution in [3.05, 3.63) is 28.2 Å². The standard InChI is InChI=1S/C13H19BrN2O/c1-17-10-6-7-12(14)11(8-10)13(16-15)9-4-2-3-5-9/h6-9,13,16H,2-5,15H2,1H3. The Morgan fingerprint density at radius 1 is 1.41 bits per heavy atom. The third kappa shape index (κ3) is 2.81. The van der Waals surface area contributed by atoms with E-state index in [1.807, 2.05) is 12.1 Å². The quantitative estimate of drug-likeness (QED) is 0.663. The van der Waals surface area contributed by atoms with Gasteiger partial charge in [0, 0.05) is 4.47 Å². The topological polar surface area (TPSA) is 47.3 Å². The summed E-state index contributed by atoms with van der Waals surface area (Å²) in [5.74, 6) is 7.24. The molecular weight excluding hydrogens is 280 g/mol. The van der Waals surface area contributed by atoms with Gasteiger partial charge in [-0.2, -0.15) is 0 Å². The highest BCUT2D eigenvalue weighted by atomic mass is 79.9. The van der Waals surface area contributed by atoms with Crippen LogP contribution in [0.4, 0.5) is 0 Å². The summed E-state index contributed by atoms with van der Waals surface area (Å²) >= 11 is 3.60. The van der Waals surface area contributed by atoms with Crippen LogP contribution in [0, 0.1) is 5.92 Å². The van der Waals surface area contributed by atoms with Crippen molar-refractivity contribution in [1.29, 1.82) is 0 Å². The Hall–Kier alpha value is -0.580. The number of nitrogens with two attached hydrogens (primary N) is 1. The lowest BCUT2D eigenvalue weighted by molar-refractivity contribution is 0.368. The lowest BCUT2D eigenvalue weighted by atomic mass is 9.92. The van der Waals surface area contributed by atoms with Crippen molar-refractivity contribution in [3.8, 4) is 5.75 Å². The minimum absolute atomic E-state index is 0.210. The molecule has 0 aliphatic heterocycles. The first-order chi connectivity index (χ1) is 8.26. The highest BCUT2D eigenvalue weighted by Crippen LogP contribution is 2.38. The van der Waals surface area contributed by atoms with Crippen LogP contribution in [0.15, 0.2) is 22.7 Å². The molecule has 0 heterocycles. The van der Waals surface area contributed by atoms with E-state index in [2.05, 4.69) is 27.4 Å². The first-order valence-electron chi connectivity index (χ1n) is 6.06. The molecule has 3 nitrogen and oxygen atoms in total. The second-order valence-corrected chi connectivity index (χ2v) is 5.43. The van der Waals surface area contributed by atoms with Crippen LogP contribution < -0.4 is 16.0 Å². The molecule has 0 amide bonds. The minimum Gasteiger partial charge on any atom is -0.497 e. The molecule has 1 atom stereocenters. The Bertz CT molecular complexity index is 378. The summed E-state index contributed by atoms with van der Waals surface area (Å²) in [6.45, 7) is 0. The van der Waals surface area contributed by atoms with E-state index in [1.54, 1.807) is 7.11 Å². The van der Waals surface area contributed by atoms with Gasteiger partial charge >= 0.3 is 0 Å². The highest BCUT2D eigenvalue weighted by Gasteiger charge is 2.27. The van der Waals surface area contributed by atoms with Gasteiger partial charge in [-0.25, -0.2) is 0 Å². The van der Waals surface area contributed by atoms with Gasteiger partial charge in [0.25, 0.3) is 0 Å². The van der Waals surface area contributed by atoms with Crippen LogP contribution in [0.2, 0.25) is 0 Å². The van der Waals surface area contributed by atoms with Crippen LogP contribution in [-0.2, 0) is 0 Å². The van der Waals surface area contributed by atoms with Crippen molar-refractivity contribution in [2.45, 2.75) is 31.7 Å². The zero-order valence-corrected chi connectivity index (χ0v) is 11.7. The summed E-state index contributed by atoms with van der Waals surface area (Å²) in [7, 11) is 1.69. The number of halogens is 1. The predicted molar refractivity (Wildman–Crippen MR) is 72.7 cm³/mol. The molecule has 1 aliphatic carbocycles. The third-order valence-electron chi connectivity index (χ3n) is 3.59. The largest absolute Gasteiger partial charge is 0.497 e. The molecule has 1 aromatic carbocycles. The first kappa shape index (κ1) is 12.9. The molecule has 1 fully saturated rings. The summed E-state index contributed by atoms with van der Waals surface area (Å²) < 4.78 is 6.37. The fourth-order valence-electron chi connectivity index (χ4n) is 2.66. The Morgan fingerprint density at radius 3 is 2.71 bits per heavy atom. The van der Waals surface area contributed by atoms with Gasteiger partial charge < -0.3 is 4.74 Å². The molecule has 2 rings (SSSR count). The molecule has 4 heteroatoms. The van der Waals surface area contributed by atoms with Crippen LogP contribution in [0.5, 0.6) is 5.75 Å². The molecule has 0 radical (unpaired) electrons. The zero-order valence-electron chi connectivity index (χ0n) is 10.1. The molecule has 0 spiro atoms. The number of methoxy groups -OCH3 is 1. The normalized spacial score (nSPS) is 18.3. The van der Waals surface area contributed by atoms with E-state index in [-0.39, 0.29) is 6.04 Å². The van der Waals surface area contributed by atoms with Gasteiger partial charge in [0.2, 0.25) is 0 Å². The van der Waals surface area contributed by atoms with Crippen molar-refractivity contribution in [1.82, 2.24) is 5.43 Å². The van der Waals surface area contributed by atoms with E-state index in [9.17, 15) is 0 Å². The number of hydrogen-bond acceptors (Lipinski definition) is 3. The van der Waals surface area contributed by atoms with Gasteiger partial charge in [-0.1, -0.05) is 28.8 Å². The highest BCUT2D eigenvalue weighted by molar-refractivity contribution is 9.10. The maximum Gasteiger partial charge on any atom is 0.119 e. The van der Waals surface area contributed by atoms with E-state index < -0.39 is 0 Å². The van der Waals surface area contributed by atoms with Crippen LogP contribution in [0.3, 0.4) is 0 Å². The van der Waals surface area contributed by atoms with Crippen LogP contribution in [0.1, 0.15) is 37.3 Å². The Kier molecular flexibility index (Phi) is 4.42. The Labute approximate surface area is 111 Å². The second kappa shape index (κ2) is 5.85. The van der Waals surface area contributed by atoms with E-state index in [4.69, 9.17) is 10.6 Å². The summed E-state index contributed by atoms with van der Waals surface area (Å²) in [5, 5.41) is 0. The Balaban J connectivity index is 2.28. The molecule has 3 N–H and O–H groups in total. The zero-order chi connectivity index (χ0) is 12.3. The smallest absolute Gasteiger partial charge is 0.119 e. The number of ether oxygens (including phenoxy) is 1. The molecule has 1 aliphatic rings. The maximum absolute atomic E-state index is 5.73. The van der Waals surface area contributed by atoms with Gasteiger partial charge in [-0.15, -0.1) is 0 Å². The minimum atomic E-state index is 0.210. The molecule has 17 heavy (non-hydrogen) atoms. The van der Waals surface area contributed by atoms with E-state index in [0.29, 0.717) is 5.92 Å². The van der Waals surface area contributed by atoms with Crippen LogP contribution in [-0.4, -0.2) is 7.11 Å². The molecule has 0 saturated heterocycles. The molecule has 1 unspecified atom stereocenters. The molecule has 1 aromatic rings. The average Bonchev–Trinajstić information content (AvgIpc) is 2.86. The van der Waals surface area contributed by atoms with E-state index in [1.165, 1.54) is 31.2 Å². The number of rotatable bonds is 4. The molecular formula is C13H19BrN2O. The summed E-state index contributed by atoms with van der Waals surface area (Å²) in [5.41, 5.74) is 4.16. The second-order valence-electron chi connectivity index (χ2n) is 4.58. The number of benzene rings is 1. The van der Waals surface area contributed by atoms with Crippen molar-refractivity contribution in [2.24, 2.45) is 11.8 Å². The monoisotopic (exact) mass is 298 g/mol. The lowest BCUT2D eigenvalue weighted by Gasteiger charge is -2.24. The lowest BCUT2D eigenvalue weighted by Crippen LogP contribution is -2.32. The summed E-state index contributed by atoms with van der Waals surface area (Å²) in [6, 6.07) is 6.25. The Morgan fingerprint density at radius 2 is 2.12 bits per heavy atom. The van der Waals surface area contributed by atoms with Crippen molar-refractivity contribution >= 4 is 15.9 Å². The fraction of sp³-hybridized carbons (Fsp3) is 0.538. The van der Waals surface area contributed by atoms with Gasteiger partial charge in [0.15, 0.2) is 0 Å². The number of nitrogens with one attached hydrogen (secondary N) is 1. The number of hydrazine groups is 1. The molecule has 0 bridgehead atoms. The van der Waals surface area contributed by atoms with Crippen LogP contribution >= 0.6 is 15.9 Å².